The minimum absolute atomic E-state index is 0.00473. The van der Waals surface area contributed by atoms with Crippen molar-refractivity contribution in [1.82, 2.24) is 0 Å². The van der Waals surface area contributed by atoms with Crippen molar-refractivity contribution in [2.75, 3.05) is 0 Å². The maximum absolute atomic E-state index is 13.1. The maximum atomic E-state index is 13.1. The van der Waals surface area contributed by atoms with E-state index in [0.717, 1.165) is 23.3 Å². The largest absolute Gasteiger partial charge is 0.457 e. The number of hydrogen-bond acceptors (Lipinski definition) is 4. The molecule has 0 aliphatic rings. The molecule has 6 aromatic carbocycles. The number of rotatable bonds is 10. The number of Topliss-reactive ketones (excluding diaryl/α,β-unsaturated/α-hetero) is 1. The van der Waals surface area contributed by atoms with Gasteiger partial charge in [-0.25, -0.2) is 0 Å². The first-order valence-corrected chi connectivity index (χ1v) is 14.9. The molecule has 0 atom stereocenters. The molecule has 0 fully saturated rings. The molecule has 0 N–H and O–H groups in total. The van der Waals surface area contributed by atoms with E-state index in [1.54, 1.807) is 72.8 Å². The fraction of sp³-hybridized carbons (Fsp3) is 0.0732. The van der Waals surface area contributed by atoms with Crippen molar-refractivity contribution in [2.45, 2.75) is 20.3 Å². The third-order valence-electron chi connectivity index (χ3n) is 7.64. The van der Waals surface area contributed by atoms with Crippen LogP contribution in [-0.2, 0) is 6.42 Å². The van der Waals surface area contributed by atoms with E-state index >= 15 is 0 Å². The second-order valence-corrected chi connectivity index (χ2v) is 11.0. The Balaban J connectivity index is 1.04. The summed E-state index contributed by atoms with van der Waals surface area (Å²) in [6.07, 6.45) is 0.916. The van der Waals surface area contributed by atoms with Crippen LogP contribution < -0.4 is 9.47 Å². The highest BCUT2D eigenvalue weighted by molar-refractivity contribution is 6.09. The summed E-state index contributed by atoms with van der Waals surface area (Å²) in [5.74, 6) is 2.51. The topological polar surface area (TPSA) is 52.6 Å². The lowest BCUT2D eigenvalue weighted by Gasteiger charge is -2.09. The van der Waals surface area contributed by atoms with Gasteiger partial charge < -0.3 is 9.47 Å². The molecule has 6 rings (SSSR count). The zero-order valence-corrected chi connectivity index (χ0v) is 25.2. The molecule has 45 heavy (non-hydrogen) atoms. The van der Waals surface area contributed by atoms with Crippen molar-refractivity contribution in [3.63, 3.8) is 0 Å². The Morgan fingerprint density at radius 1 is 0.444 bits per heavy atom. The lowest BCUT2D eigenvalue weighted by molar-refractivity contribution is 0.101. The number of carbonyl (C=O) groups is 2. The molecule has 0 heterocycles. The predicted molar refractivity (Wildman–Crippen MR) is 179 cm³/mol. The van der Waals surface area contributed by atoms with Gasteiger partial charge in [0.05, 0.1) is 0 Å². The summed E-state index contributed by atoms with van der Waals surface area (Å²) < 4.78 is 11.9. The van der Waals surface area contributed by atoms with E-state index in [4.69, 9.17) is 9.47 Å². The Morgan fingerprint density at radius 3 is 1.18 bits per heavy atom. The molecule has 220 valence electrons. The molecule has 0 unspecified atom stereocenters. The van der Waals surface area contributed by atoms with Crippen LogP contribution in [0.25, 0.3) is 11.1 Å². The van der Waals surface area contributed by atoms with Gasteiger partial charge in [-0.3, -0.25) is 9.59 Å². The fourth-order valence-electron chi connectivity index (χ4n) is 5.02. The third kappa shape index (κ3) is 7.43. The number of ether oxygens (including phenoxy) is 2. The molecule has 0 radical (unpaired) electrons. The Morgan fingerprint density at radius 2 is 0.778 bits per heavy atom. The molecule has 4 nitrogen and oxygen atoms in total. The van der Waals surface area contributed by atoms with Crippen molar-refractivity contribution >= 4 is 11.6 Å². The number of carbonyl (C=O) groups excluding carboxylic acids is 2. The minimum Gasteiger partial charge on any atom is -0.457 e. The van der Waals surface area contributed by atoms with Crippen molar-refractivity contribution in [1.29, 1.82) is 0 Å². The number of ketones is 2. The smallest absolute Gasteiger partial charge is 0.193 e. The lowest BCUT2D eigenvalue weighted by Crippen LogP contribution is -2.01. The zero-order valence-electron chi connectivity index (χ0n) is 25.2. The summed E-state index contributed by atoms with van der Waals surface area (Å²) in [5.41, 5.74) is 7.89. The van der Waals surface area contributed by atoms with Crippen LogP contribution in [0.2, 0.25) is 0 Å². The molecule has 4 heteroatoms. The van der Waals surface area contributed by atoms with Crippen LogP contribution in [-0.4, -0.2) is 11.6 Å². The van der Waals surface area contributed by atoms with Gasteiger partial charge in [0, 0.05) is 16.7 Å². The van der Waals surface area contributed by atoms with E-state index in [2.05, 4.69) is 67.6 Å². The van der Waals surface area contributed by atoms with E-state index in [1.165, 1.54) is 23.6 Å². The second kappa shape index (κ2) is 13.3. The van der Waals surface area contributed by atoms with Crippen LogP contribution in [0.3, 0.4) is 0 Å². The molecule has 0 aliphatic heterocycles. The van der Waals surface area contributed by atoms with Gasteiger partial charge in [-0.1, -0.05) is 66.2 Å². The fourth-order valence-corrected chi connectivity index (χ4v) is 5.02. The van der Waals surface area contributed by atoms with E-state index < -0.39 is 0 Å². The summed E-state index contributed by atoms with van der Waals surface area (Å²) in [4.78, 5) is 24.5. The molecular formula is C41H32O4. The van der Waals surface area contributed by atoms with Crippen LogP contribution in [0.5, 0.6) is 23.0 Å². The Kier molecular flexibility index (Phi) is 8.65. The van der Waals surface area contributed by atoms with Gasteiger partial charge in [-0.2, -0.15) is 0 Å². The molecule has 0 spiro atoms. The summed E-state index contributed by atoms with van der Waals surface area (Å²) in [7, 11) is 0. The van der Waals surface area contributed by atoms with Gasteiger partial charge in [0.15, 0.2) is 11.6 Å². The highest BCUT2D eigenvalue weighted by atomic mass is 16.5. The average Bonchev–Trinajstić information content (AvgIpc) is 3.07. The standard InChI is InChI=1S/C41H32O4/c1-28-3-5-30(6-4-28)27-31-7-9-33(10-8-31)34-13-21-38(22-14-34)45-40-25-17-36(18-26-40)41(43)35-15-23-39(24-16-35)44-37-19-11-32(12-20-37)29(2)42/h3-26H,27H2,1-2H3. The van der Waals surface area contributed by atoms with E-state index in [-0.39, 0.29) is 11.6 Å². The first kappa shape index (κ1) is 29.3. The summed E-state index contributed by atoms with van der Waals surface area (Å²) in [6.45, 7) is 3.63. The molecule has 0 aromatic heterocycles. The van der Waals surface area contributed by atoms with E-state index in [0.29, 0.717) is 33.9 Å². The van der Waals surface area contributed by atoms with Gasteiger partial charge in [0.2, 0.25) is 0 Å². The molecular weight excluding hydrogens is 556 g/mol. The van der Waals surface area contributed by atoms with Crippen LogP contribution in [0, 0.1) is 6.92 Å². The molecule has 0 saturated heterocycles. The van der Waals surface area contributed by atoms with Crippen LogP contribution in [0.15, 0.2) is 146 Å². The van der Waals surface area contributed by atoms with Crippen LogP contribution in [0.4, 0.5) is 0 Å². The summed E-state index contributed by atoms with van der Waals surface area (Å²) in [5, 5.41) is 0. The van der Waals surface area contributed by atoms with E-state index in [9.17, 15) is 9.59 Å². The van der Waals surface area contributed by atoms with Gasteiger partial charge >= 0.3 is 0 Å². The summed E-state index contributed by atoms with van der Waals surface area (Å²) in [6, 6.07) is 46.5. The van der Waals surface area contributed by atoms with Gasteiger partial charge in [0.1, 0.15) is 23.0 Å². The highest BCUT2D eigenvalue weighted by Gasteiger charge is 2.11. The van der Waals surface area contributed by atoms with Crippen molar-refractivity contribution in [2.24, 2.45) is 0 Å². The predicted octanol–water partition coefficient (Wildman–Crippen LogP) is 10.3. The van der Waals surface area contributed by atoms with E-state index in [1.807, 2.05) is 12.1 Å². The second-order valence-electron chi connectivity index (χ2n) is 11.0. The average molecular weight is 589 g/mol. The monoisotopic (exact) mass is 588 g/mol. The highest BCUT2D eigenvalue weighted by Crippen LogP contribution is 2.28. The van der Waals surface area contributed by atoms with Crippen molar-refractivity contribution in [3.8, 4) is 34.1 Å². The molecule has 0 bridgehead atoms. The Bertz CT molecular complexity index is 1900. The lowest BCUT2D eigenvalue weighted by atomic mass is 10.00. The van der Waals surface area contributed by atoms with Crippen molar-refractivity contribution in [3.05, 3.63) is 179 Å². The normalized spacial score (nSPS) is 10.7. The minimum atomic E-state index is -0.0897. The number of benzene rings is 6. The maximum Gasteiger partial charge on any atom is 0.193 e. The van der Waals surface area contributed by atoms with Crippen LogP contribution >= 0.6 is 0 Å². The Hall–Kier alpha value is -5.74. The SMILES string of the molecule is CC(=O)c1ccc(Oc2ccc(C(=O)c3ccc(Oc4ccc(-c5ccc(Cc6ccc(C)cc6)cc5)cc4)cc3)cc2)cc1. The van der Waals surface area contributed by atoms with Gasteiger partial charge in [0.25, 0.3) is 0 Å². The van der Waals surface area contributed by atoms with Gasteiger partial charge in [-0.15, -0.1) is 0 Å². The van der Waals surface area contributed by atoms with Gasteiger partial charge in [-0.05, 0) is 127 Å². The third-order valence-corrected chi connectivity index (χ3v) is 7.64. The van der Waals surface area contributed by atoms with Crippen LogP contribution in [0.1, 0.15) is 49.9 Å². The first-order valence-electron chi connectivity index (χ1n) is 14.9. The molecule has 6 aromatic rings. The number of aryl methyl sites for hydroxylation is 1. The van der Waals surface area contributed by atoms with Crippen molar-refractivity contribution < 1.29 is 19.1 Å². The zero-order chi connectivity index (χ0) is 31.2. The molecule has 0 saturated carbocycles. The Labute approximate surface area is 263 Å². The quantitative estimate of drug-likeness (QED) is 0.149. The molecule has 0 amide bonds. The summed E-state index contributed by atoms with van der Waals surface area (Å²) >= 11 is 0. The number of hydrogen-bond donors (Lipinski definition) is 0. The molecule has 0 aliphatic carbocycles. The first-order chi connectivity index (χ1) is 21.9.